The van der Waals surface area contributed by atoms with Gasteiger partial charge in [0.15, 0.2) is 12.3 Å². The van der Waals surface area contributed by atoms with Crippen molar-refractivity contribution in [3.63, 3.8) is 0 Å². The van der Waals surface area contributed by atoms with Crippen LogP contribution in [-0.4, -0.2) is 22.6 Å². The molecular weight excluding hydrogens is 398 g/mol. The van der Waals surface area contributed by atoms with Gasteiger partial charge in [-0.25, -0.2) is 0 Å². The summed E-state index contributed by atoms with van der Waals surface area (Å²) in [5, 5.41) is 18.1. The predicted octanol–water partition coefficient (Wildman–Crippen LogP) is 5.45. The number of halogens is 1. The fraction of sp³-hybridized carbons (Fsp3) is 0.211. The minimum Gasteiger partial charge on any atom is -0.493 e. The Morgan fingerprint density at radius 3 is 2.65 bits per heavy atom. The van der Waals surface area contributed by atoms with E-state index in [1.165, 1.54) is 5.56 Å². The molecule has 1 heterocycles. The van der Waals surface area contributed by atoms with Gasteiger partial charge in [0.1, 0.15) is 5.75 Å². The Kier molecular flexibility index (Phi) is 5.37. The van der Waals surface area contributed by atoms with Crippen molar-refractivity contribution in [2.45, 2.75) is 19.8 Å². The molecule has 7 heteroatoms. The van der Waals surface area contributed by atoms with Crippen molar-refractivity contribution in [3.8, 4) is 11.6 Å². The highest BCUT2D eigenvalue weighted by molar-refractivity contribution is 9.10. The maximum Gasteiger partial charge on any atom is 0.302 e. The quantitative estimate of drug-likeness (QED) is 0.543. The number of nitrogens with zero attached hydrogens (tertiary/aromatic N) is 2. The van der Waals surface area contributed by atoms with Crippen LogP contribution in [0.5, 0.6) is 11.6 Å². The molecule has 0 fully saturated rings. The number of hydrogen-bond acceptors (Lipinski definition) is 4. The summed E-state index contributed by atoms with van der Waals surface area (Å²) in [5.41, 5.74) is 2.12. The lowest BCUT2D eigenvalue weighted by atomic mass is 10.0. The molecule has 0 radical (unpaired) electrons. The van der Waals surface area contributed by atoms with Gasteiger partial charge in [-0.2, -0.15) is 0 Å². The summed E-state index contributed by atoms with van der Waals surface area (Å²) in [4.78, 5) is 14.7. The van der Waals surface area contributed by atoms with Crippen LogP contribution in [0, 0.1) is 0 Å². The van der Waals surface area contributed by atoms with Crippen molar-refractivity contribution in [2.75, 3.05) is 6.61 Å². The number of hydrogen-bond donors (Lipinski definition) is 2. The number of aromatic nitrogens is 1. The van der Waals surface area contributed by atoms with Crippen LogP contribution in [0.25, 0.3) is 10.9 Å². The Hall–Kier alpha value is -2.67. The van der Waals surface area contributed by atoms with Gasteiger partial charge in [-0.15, -0.1) is 10.2 Å². The van der Waals surface area contributed by atoms with Gasteiger partial charge in [-0.1, -0.05) is 41.9 Å². The van der Waals surface area contributed by atoms with Gasteiger partial charge in [0.2, 0.25) is 5.88 Å². The number of aromatic amines is 1. The molecular formula is C19H18BrN3O3. The Balaban J connectivity index is 1.66. The first kappa shape index (κ1) is 18.1. The molecule has 2 aromatic carbocycles. The van der Waals surface area contributed by atoms with Gasteiger partial charge in [-0.05, 0) is 41.8 Å². The highest BCUT2D eigenvalue weighted by Crippen LogP contribution is 2.36. The van der Waals surface area contributed by atoms with Gasteiger partial charge in [0, 0.05) is 9.86 Å². The molecule has 1 aromatic heterocycles. The first-order valence-corrected chi connectivity index (χ1v) is 8.91. The minimum absolute atomic E-state index is 0.139. The minimum atomic E-state index is -0.540. The number of azo groups is 1. The molecule has 0 bridgehead atoms. The first-order valence-electron chi connectivity index (χ1n) is 8.11. The number of ether oxygens (including phenoxy) is 1. The predicted molar refractivity (Wildman–Crippen MR) is 103 cm³/mol. The van der Waals surface area contributed by atoms with Crippen LogP contribution in [0.2, 0.25) is 0 Å². The number of benzene rings is 2. The third kappa shape index (κ3) is 4.11. The number of carbonyl (C=O) groups excluding carboxylic acids is 1. The number of carbonyl (C=O) groups is 1. The lowest BCUT2D eigenvalue weighted by Crippen LogP contribution is -2.07. The summed E-state index contributed by atoms with van der Waals surface area (Å²) in [6.45, 7) is 3.99. The van der Waals surface area contributed by atoms with Crippen LogP contribution < -0.4 is 4.74 Å². The average Bonchev–Trinajstić information content (AvgIpc) is 2.93. The van der Waals surface area contributed by atoms with E-state index in [1.54, 1.807) is 12.1 Å². The Bertz CT molecular complexity index is 962. The van der Waals surface area contributed by atoms with E-state index in [0.29, 0.717) is 22.6 Å². The summed E-state index contributed by atoms with van der Waals surface area (Å²) >= 11 is 3.37. The molecule has 0 spiro atoms. The van der Waals surface area contributed by atoms with E-state index in [1.807, 2.05) is 30.3 Å². The zero-order valence-corrected chi connectivity index (χ0v) is 15.9. The number of amides is 1. The maximum atomic E-state index is 11.9. The van der Waals surface area contributed by atoms with Crippen molar-refractivity contribution in [1.82, 2.24) is 4.98 Å². The average molecular weight is 416 g/mol. The Morgan fingerprint density at radius 1 is 1.23 bits per heavy atom. The molecule has 0 saturated heterocycles. The van der Waals surface area contributed by atoms with Crippen LogP contribution in [0.3, 0.4) is 0 Å². The summed E-state index contributed by atoms with van der Waals surface area (Å²) in [6, 6.07) is 13.0. The summed E-state index contributed by atoms with van der Waals surface area (Å²) in [7, 11) is 0. The number of H-pyrrole nitrogens is 1. The third-order valence-corrected chi connectivity index (χ3v) is 4.38. The molecule has 3 aromatic rings. The molecule has 0 aliphatic rings. The third-order valence-electron chi connectivity index (χ3n) is 3.88. The van der Waals surface area contributed by atoms with Crippen LogP contribution in [0.15, 0.2) is 57.2 Å². The van der Waals surface area contributed by atoms with Crippen molar-refractivity contribution < 1.29 is 14.6 Å². The fourth-order valence-corrected chi connectivity index (χ4v) is 2.83. The van der Waals surface area contributed by atoms with E-state index < -0.39 is 5.91 Å². The second kappa shape index (κ2) is 7.70. The molecule has 26 heavy (non-hydrogen) atoms. The Labute approximate surface area is 159 Å². The second-order valence-corrected chi connectivity index (χ2v) is 7.03. The first-order chi connectivity index (χ1) is 12.4. The summed E-state index contributed by atoms with van der Waals surface area (Å²) in [6.07, 6.45) is 0. The van der Waals surface area contributed by atoms with Gasteiger partial charge in [0.05, 0.1) is 5.52 Å². The summed E-state index contributed by atoms with van der Waals surface area (Å²) in [5.74, 6) is 0.349. The molecule has 6 nitrogen and oxygen atoms in total. The monoisotopic (exact) mass is 415 g/mol. The zero-order valence-electron chi connectivity index (χ0n) is 14.4. The molecule has 0 aliphatic carbocycles. The highest BCUT2D eigenvalue weighted by atomic mass is 79.9. The standard InChI is InChI=1S/C19H18BrN3O3/c1-11(2)12-3-6-14(7-4-12)26-10-17(24)22-23-18-15-9-13(20)5-8-16(15)21-19(18)25/h3-9,11,21,25H,10H2,1-2H3. The smallest absolute Gasteiger partial charge is 0.302 e. The summed E-state index contributed by atoms with van der Waals surface area (Å²) < 4.78 is 6.26. The number of fused-ring (bicyclic) bond motifs is 1. The van der Waals surface area contributed by atoms with Gasteiger partial charge < -0.3 is 14.8 Å². The number of nitrogens with one attached hydrogen (secondary N) is 1. The van der Waals surface area contributed by atoms with Crippen molar-refractivity contribution in [1.29, 1.82) is 0 Å². The van der Waals surface area contributed by atoms with E-state index in [9.17, 15) is 9.90 Å². The van der Waals surface area contributed by atoms with Gasteiger partial charge >= 0.3 is 5.91 Å². The lowest BCUT2D eigenvalue weighted by Gasteiger charge is -2.07. The molecule has 0 unspecified atom stereocenters. The molecule has 0 saturated carbocycles. The molecule has 3 rings (SSSR count). The molecule has 134 valence electrons. The van der Waals surface area contributed by atoms with E-state index in [0.717, 1.165) is 4.47 Å². The van der Waals surface area contributed by atoms with E-state index in [-0.39, 0.29) is 18.2 Å². The van der Waals surface area contributed by atoms with E-state index in [2.05, 4.69) is 45.0 Å². The van der Waals surface area contributed by atoms with Crippen LogP contribution in [-0.2, 0) is 4.79 Å². The van der Waals surface area contributed by atoms with Gasteiger partial charge in [-0.3, -0.25) is 4.79 Å². The van der Waals surface area contributed by atoms with Crippen molar-refractivity contribution in [3.05, 3.63) is 52.5 Å². The maximum absolute atomic E-state index is 11.9. The zero-order chi connectivity index (χ0) is 18.7. The largest absolute Gasteiger partial charge is 0.493 e. The van der Waals surface area contributed by atoms with Crippen LogP contribution in [0.4, 0.5) is 5.69 Å². The second-order valence-electron chi connectivity index (χ2n) is 6.12. The molecule has 2 N–H and O–H groups in total. The van der Waals surface area contributed by atoms with E-state index in [4.69, 9.17) is 4.74 Å². The number of rotatable bonds is 5. The highest BCUT2D eigenvalue weighted by Gasteiger charge is 2.11. The molecule has 1 amide bonds. The van der Waals surface area contributed by atoms with Crippen molar-refractivity contribution in [2.24, 2.45) is 10.2 Å². The normalized spacial score (nSPS) is 11.5. The van der Waals surface area contributed by atoms with Crippen molar-refractivity contribution >= 4 is 38.4 Å². The SMILES string of the molecule is CC(C)c1ccc(OCC(=O)N=Nc2c(O)[nH]c3ccc(Br)cc23)cc1. The Morgan fingerprint density at radius 2 is 1.96 bits per heavy atom. The number of aromatic hydroxyl groups is 1. The topological polar surface area (TPSA) is 87.0 Å². The molecule has 0 atom stereocenters. The van der Waals surface area contributed by atoms with Crippen LogP contribution in [0.1, 0.15) is 25.3 Å². The fourth-order valence-electron chi connectivity index (χ4n) is 2.47. The van der Waals surface area contributed by atoms with E-state index >= 15 is 0 Å². The molecule has 0 aliphatic heterocycles. The van der Waals surface area contributed by atoms with Gasteiger partial charge in [0.25, 0.3) is 0 Å². The van der Waals surface area contributed by atoms with Crippen LogP contribution >= 0.6 is 15.9 Å². The lowest BCUT2D eigenvalue weighted by molar-refractivity contribution is -0.120.